The molecular formula is C23H24ClNO5. The Bertz CT molecular complexity index is 1140. The average molecular weight is 430 g/mol. The standard InChI is InChI=1S/C23H24ClNO5/c1-25-9-8-14(17(27)12-25)21-19(28-2)11-20(29-3)22-16(26)10-18(30-23(21)22)13-6-4-5-7-15(13)24/h4-7,10-11,14,17,27H,8-9,12H2,1-3H3/t14-,17-/m1/s1. The fourth-order valence-electron chi connectivity index (χ4n) is 4.20. The Labute approximate surface area is 179 Å². The number of β-amino-alcohol motifs (C(OH)–C–C–N with tert-alkyl or cyclic N) is 1. The van der Waals surface area contributed by atoms with E-state index in [1.54, 1.807) is 25.3 Å². The second kappa shape index (κ2) is 8.30. The van der Waals surface area contributed by atoms with E-state index in [9.17, 15) is 9.90 Å². The normalized spacial score (nSPS) is 19.8. The third-order valence-electron chi connectivity index (χ3n) is 5.70. The largest absolute Gasteiger partial charge is 0.496 e. The van der Waals surface area contributed by atoms with Gasteiger partial charge in [0, 0.05) is 35.7 Å². The van der Waals surface area contributed by atoms with Crippen LogP contribution in [0.5, 0.6) is 11.5 Å². The van der Waals surface area contributed by atoms with Crippen molar-refractivity contribution < 1.29 is 19.0 Å². The molecule has 1 fully saturated rings. The molecule has 6 nitrogen and oxygen atoms in total. The minimum Gasteiger partial charge on any atom is -0.496 e. The summed E-state index contributed by atoms with van der Waals surface area (Å²) >= 11 is 6.35. The van der Waals surface area contributed by atoms with E-state index in [-0.39, 0.29) is 11.3 Å². The van der Waals surface area contributed by atoms with E-state index >= 15 is 0 Å². The van der Waals surface area contributed by atoms with E-state index in [0.717, 1.165) is 6.54 Å². The molecule has 1 saturated heterocycles. The number of ether oxygens (including phenoxy) is 2. The van der Waals surface area contributed by atoms with Crippen molar-refractivity contribution >= 4 is 22.6 Å². The monoisotopic (exact) mass is 429 g/mol. The summed E-state index contributed by atoms with van der Waals surface area (Å²) in [7, 11) is 5.03. The first kappa shape index (κ1) is 20.7. The maximum absolute atomic E-state index is 13.1. The minimum atomic E-state index is -0.622. The third-order valence-corrected chi connectivity index (χ3v) is 6.03. The van der Waals surface area contributed by atoms with E-state index in [4.69, 9.17) is 25.5 Å². The van der Waals surface area contributed by atoms with E-state index < -0.39 is 6.10 Å². The molecular weight excluding hydrogens is 406 g/mol. The van der Waals surface area contributed by atoms with E-state index in [0.29, 0.717) is 57.3 Å². The highest BCUT2D eigenvalue weighted by atomic mass is 35.5. The van der Waals surface area contributed by atoms with Crippen LogP contribution in [0.2, 0.25) is 5.02 Å². The highest BCUT2D eigenvalue weighted by Crippen LogP contribution is 2.43. The van der Waals surface area contributed by atoms with Crippen LogP contribution in [-0.2, 0) is 0 Å². The summed E-state index contributed by atoms with van der Waals surface area (Å²) in [6.45, 7) is 1.34. The Morgan fingerprint density at radius 1 is 1.17 bits per heavy atom. The molecule has 3 aromatic rings. The third kappa shape index (κ3) is 3.55. The number of piperidine rings is 1. The molecule has 1 aliphatic heterocycles. The average Bonchev–Trinajstić information content (AvgIpc) is 2.73. The Kier molecular flexibility index (Phi) is 5.73. The SMILES string of the molecule is COc1cc(OC)c2c(=O)cc(-c3ccccc3Cl)oc2c1[C@@H]1CCN(C)C[C@H]1O. The number of halogens is 1. The molecule has 0 spiro atoms. The van der Waals surface area contributed by atoms with Gasteiger partial charge in [-0.25, -0.2) is 0 Å². The number of fused-ring (bicyclic) bond motifs is 1. The van der Waals surface area contributed by atoms with Crippen molar-refractivity contribution in [3.63, 3.8) is 0 Å². The van der Waals surface area contributed by atoms with Crippen LogP contribution in [0, 0.1) is 0 Å². The Morgan fingerprint density at radius 3 is 2.57 bits per heavy atom. The van der Waals surface area contributed by atoms with Crippen LogP contribution >= 0.6 is 11.6 Å². The first-order valence-electron chi connectivity index (χ1n) is 9.78. The van der Waals surface area contributed by atoms with Crippen molar-refractivity contribution in [2.24, 2.45) is 0 Å². The fourth-order valence-corrected chi connectivity index (χ4v) is 4.43. The topological polar surface area (TPSA) is 72.1 Å². The predicted octanol–water partition coefficient (Wildman–Crippen LogP) is 3.91. The molecule has 0 saturated carbocycles. The lowest BCUT2D eigenvalue weighted by Gasteiger charge is -2.34. The lowest BCUT2D eigenvalue weighted by molar-refractivity contribution is 0.0630. The number of hydrogen-bond acceptors (Lipinski definition) is 6. The highest BCUT2D eigenvalue weighted by Gasteiger charge is 2.33. The molecule has 0 aliphatic carbocycles. The number of benzene rings is 2. The zero-order valence-electron chi connectivity index (χ0n) is 17.1. The molecule has 0 radical (unpaired) electrons. The zero-order valence-corrected chi connectivity index (χ0v) is 17.9. The smallest absolute Gasteiger partial charge is 0.197 e. The molecule has 2 heterocycles. The molecule has 30 heavy (non-hydrogen) atoms. The van der Waals surface area contributed by atoms with Gasteiger partial charge >= 0.3 is 0 Å². The van der Waals surface area contributed by atoms with Gasteiger partial charge in [0.2, 0.25) is 0 Å². The molecule has 0 bridgehead atoms. The summed E-state index contributed by atoms with van der Waals surface area (Å²) in [6.07, 6.45) is 0.0821. The van der Waals surface area contributed by atoms with Crippen molar-refractivity contribution in [1.29, 1.82) is 0 Å². The summed E-state index contributed by atoms with van der Waals surface area (Å²) in [5.41, 5.74) is 1.42. The van der Waals surface area contributed by atoms with E-state index in [1.165, 1.54) is 13.2 Å². The van der Waals surface area contributed by atoms with Crippen LogP contribution in [0.4, 0.5) is 0 Å². The second-order valence-electron chi connectivity index (χ2n) is 7.58. The number of nitrogens with zero attached hydrogens (tertiary/aromatic N) is 1. The summed E-state index contributed by atoms with van der Waals surface area (Å²) in [5.74, 6) is 1.01. The van der Waals surface area contributed by atoms with Crippen molar-refractivity contribution in [2.75, 3.05) is 34.4 Å². The summed E-state index contributed by atoms with van der Waals surface area (Å²) < 4.78 is 17.4. The van der Waals surface area contributed by atoms with Crippen molar-refractivity contribution in [3.8, 4) is 22.8 Å². The lowest BCUT2D eigenvalue weighted by atomic mass is 9.85. The van der Waals surface area contributed by atoms with E-state index in [1.807, 2.05) is 19.2 Å². The van der Waals surface area contributed by atoms with Crippen LogP contribution in [0.25, 0.3) is 22.3 Å². The second-order valence-corrected chi connectivity index (χ2v) is 7.99. The first-order chi connectivity index (χ1) is 14.4. The number of likely N-dealkylation sites (tertiary alicyclic amines) is 1. The number of methoxy groups -OCH3 is 2. The molecule has 1 aromatic heterocycles. The number of hydrogen-bond donors (Lipinski definition) is 1. The molecule has 2 atom stereocenters. The molecule has 1 aliphatic rings. The summed E-state index contributed by atoms with van der Waals surface area (Å²) in [5, 5.41) is 11.6. The maximum atomic E-state index is 13.1. The molecule has 7 heteroatoms. The van der Waals surface area contributed by atoms with Gasteiger partial charge in [-0.05, 0) is 32.1 Å². The van der Waals surface area contributed by atoms with Crippen LogP contribution in [0.1, 0.15) is 17.9 Å². The molecule has 158 valence electrons. The van der Waals surface area contributed by atoms with E-state index in [2.05, 4.69) is 4.90 Å². The molecule has 4 rings (SSSR count). The van der Waals surface area contributed by atoms with Gasteiger partial charge in [-0.3, -0.25) is 4.79 Å². The number of rotatable bonds is 4. The Balaban J connectivity index is 2.04. The van der Waals surface area contributed by atoms with Crippen LogP contribution in [0.15, 0.2) is 45.6 Å². The fraction of sp³-hybridized carbons (Fsp3) is 0.348. The number of likely N-dealkylation sites (N-methyl/N-ethyl adjacent to an activating group) is 1. The number of aliphatic hydroxyl groups excluding tert-OH is 1. The quantitative estimate of drug-likeness (QED) is 0.678. The van der Waals surface area contributed by atoms with Crippen molar-refractivity contribution in [1.82, 2.24) is 4.90 Å². The predicted molar refractivity (Wildman–Crippen MR) is 117 cm³/mol. The van der Waals surface area contributed by atoms with Gasteiger partial charge in [-0.1, -0.05) is 23.7 Å². The first-order valence-corrected chi connectivity index (χ1v) is 10.2. The van der Waals surface area contributed by atoms with Crippen LogP contribution in [-0.4, -0.2) is 50.5 Å². The van der Waals surface area contributed by atoms with Crippen molar-refractivity contribution in [3.05, 3.63) is 57.2 Å². The van der Waals surface area contributed by atoms with Gasteiger partial charge in [0.25, 0.3) is 0 Å². The van der Waals surface area contributed by atoms with Gasteiger partial charge in [-0.2, -0.15) is 0 Å². The van der Waals surface area contributed by atoms with Gasteiger partial charge in [0.1, 0.15) is 28.2 Å². The van der Waals surface area contributed by atoms with Gasteiger partial charge in [0.15, 0.2) is 5.43 Å². The van der Waals surface area contributed by atoms with Gasteiger partial charge < -0.3 is 23.9 Å². The van der Waals surface area contributed by atoms with Crippen molar-refractivity contribution in [2.45, 2.75) is 18.4 Å². The van der Waals surface area contributed by atoms with Gasteiger partial charge in [0.05, 0.1) is 25.3 Å². The zero-order chi connectivity index (χ0) is 21.4. The summed E-state index contributed by atoms with van der Waals surface area (Å²) in [6, 6.07) is 10.3. The van der Waals surface area contributed by atoms with Crippen LogP contribution in [0.3, 0.4) is 0 Å². The maximum Gasteiger partial charge on any atom is 0.197 e. The Hall–Kier alpha value is -2.54. The number of aliphatic hydroxyl groups is 1. The highest BCUT2D eigenvalue weighted by molar-refractivity contribution is 6.33. The summed E-state index contributed by atoms with van der Waals surface area (Å²) in [4.78, 5) is 15.2. The Morgan fingerprint density at radius 2 is 1.90 bits per heavy atom. The molecule has 0 amide bonds. The van der Waals surface area contributed by atoms with Gasteiger partial charge in [-0.15, -0.1) is 0 Å². The molecule has 2 aromatic carbocycles. The minimum absolute atomic E-state index is 0.241. The molecule has 1 N–H and O–H groups in total. The molecule has 0 unspecified atom stereocenters. The lowest BCUT2D eigenvalue weighted by Crippen LogP contribution is -2.40. The van der Waals surface area contributed by atoms with Crippen LogP contribution < -0.4 is 14.9 Å².